The first kappa shape index (κ1) is 22.9. The second-order valence-electron chi connectivity index (χ2n) is 7.89. The number of esters is 1. The highest BCUT2D eigenvalue weighted by Gasteiger charge is 2.24. The first-order chi connectivity index (χ1) is 17.0. The van der Waals surface area contributed by atoms with Crippen molar-refractivity contribution in [3.63, 3.8) is 0 Å². The molecule has 172 valence electrons. The minimum atomic E-state index is -0.491. The largest absolute Gasteiger partial charge is 0.489 e. The van der Waals surface area contributed by atoms with Gasteiger partial charge in [0.25, 0.3) is 0 Å². The highest BCUT2D eigenvalue weighted by Crippen LogP contribution is 2.26. The molecular weight excluding hydrogens is 481 g/mol. The predicted molar refractivity (Wildman–Crippen MR) is 140 cm³/mol. The van der Waals surface area contributed by atoms with Crippen molar-refractivity contribution < 1.29 is 14.3 Å². The number of carbonyl (C=O) groups excluding carboxylic acids is 1. The number of benzene rings is 4. The molecule has 4 aromatic carbocycles. The lowest BCUT2D eigenvalue weighted by Gasteiger charge is -2.08. The number of hydrogen-bond acceptors (Lipinski definition) is 4. The summed E-state index contributed by atoms with van der Waals surface area (Å²) in [4.78, 5) is 16.9. The molecule has 1 heterocycles. The van der Waals surface area contributed by atoms with Crippen LogP contribution in [-0.4, -0.2) is 11.9 Å². The number of ether oxygens (including phenoxy) is 2. The van der Waals surface area contributed by atoms with Gasteiger partial charge < -0.3 is 9.47 Å². The third-order valence-electron chi connectivity index (χ3n) is 5.41. The van der Waals surface area contributed by atoms with E-state index in [0.29, 0.717) is 22.4 Å². The molecule has 0 fully saturated rings. The van der Waals surface area contributed by atoms with Crippen molar-refractivity contribution in [2.24, 2.45) is 4.99 Å². The minimum absolute atomic E-state index is 0.230. The SMILES string of the molecule is O=C1OC(c2ccc(-c3ccccc3)cc2)=N/C1=C\c1cccc(OCc2ccc(Cl)c(Cl)c2)c1. The second-order valence-corrected chi connectivity index (χ2v) is 8.70. The number of cyclic esters (lactones) is 1. The maximum Gasteiger partial charge on any atom is 0.363 e. The summed E-state index contributed by atoms with van der Waals surface area (Å²) in [7, 11) is 0. The van der Waals surface area contributed by atoms with E-state index in [9.17, 15) is 4.79 Å². The Kier molecular flexibility index (Phi) is 6.66. The Hall–Kier alpha value is -3.86. The summed E-state index contributed by atoms with van der Waals surface area (Å²) in [6, 6.07) is 30.6. The van der Waals surface area contributed by atoms with Crippen LogP contribution in [0.5, 0.6) is 5.75 Å². The van der Waals surface area contributed by atoms with Gasteiger partial charge in [0.2, 0.25) is 5.90 Å². The van der Waals surface area contributed by atoms with Gasteiger partial charge in [-0.05, 0) is 64.7 Å². The summed E-state index contributed by atoms with van der Waals surface area (Å²) in [5.74, 6) is 0.444. The van der Waals surface area contributed by atoms with Gasteiger partial charge in [-0.2, -0.15) is 0 Å². The van der Waals surface area contributed by atoms with E-state index in [4.69, 9.17) is 32.7 Å². The van der Waals surface area contributed by atoms with E-state index in [-0.39, 0.29) is 11.6 Å². The van der Waals surface area contributed by atoms with E-state index in [1.807, 2.05) is 84.9 Å². The maximum absolute atomic E-state index is 12.4. The van der Waals surface area contributed by atoms with Gasteiger partial charge in [-0.3, -0.25) is 0 Å². The van der Waals surface area contributed by atoms with Gasteiger partial charge in [0.05, 0.1) is 10.0 Å². The smallest absolute Gasteiger partial charge is 0.363 e. The highest BCUT2D eigenvalue weighted by molar-refractivity contribution is 6.42. The number of hydrogen-bond donors (Lipinski definition) is 0. The van der Waals surface area contributed by atoms with Crippen LogP contribution in [0.1, 0.15) is 16.7 Å². The molecule has 0 aromatic heterocycles. The first-order valence-electron chi connectivity index (χ1n) is 10.9. The van der Waals surface area contributed by atoms with Crippen LogP contribution in [0, 0.1) is 0 Å². The zero-order valence-corrected chi connectivity index (χ0v) is 20.0. The molecule has 0 aliphatic carbocycles. The lowest BCUT2D eigenvalue weighted by molar-refractivity contribution is -0.129. The van der Waals surface area contributed by atoms with E-state index in [1.165, 1.54) is 0 Å². The van der Waals surface area contributed by atoms with Gasteiger partial charge in [0.1, 0.15) is 12.4 Å². The van der Waals surface area contributed by atoms with E-state index in [1.54, 1.807) is 18.2 Å². The molecule has 0 saturated carbocycles. The lowest BCUT2D eigenvalue weighted by Crippen LogP contribution is -2.05. The molecule has 5 rings (SSSR count). The summed E-state index contributed by atoms with van der Waals surface area (Å²) < 4.78 is 11.3. The van der Waals surface area contributed by atoms with Crippen molar-refractivity contribution >= 4 is 41.1 Å². The van der Waals surface area contributed by atoms with Gasteiger partial charge in [-0.25, -0.2) is 9.79 Å². The van der Waals surface area contributed by atoms with Gasteiger partial charge in [0.15, 0.2) is 5.70 Å². The summed E-state index contributed by atoms with van der Waals surface area (Å²) in [5.41, 5.74) is 4.83. The fourth-order valence-electron chi connectivity index (χ4n) is 3.62. The van der Waals surface area contributed by atoms with Crippen LogP contribution in [0.15, 0.2) is 108 Å². The Morgan fingerprint density at radius 3 is 2.29 bits per heavy atom. The molecular formula is C29H19Cl2NO3. The number of aliphatic imine (C=N–C) groups is 1. The molecule has 1 aliphatic rings. The molecule has 0 bridgehead atoms. The van der Waals surface area contributed by atoms with Crippen molar-refractivity contribution in [3.8, 4) is 16.9 Å². The molecule has 1 aliphatic heterocycles. The average Bonchev–Trinajstić information content (AvgIpc) is 3.25. The fraction of sp³-hybridized carbons (Fsp3) is 0.0345. The molecule has 0 radical (unpaired) electrons. The minimum Gasteiger partial charge on any atom is -0.489 e. The van der Waals surface area contributed by atoms with E-state index >= 15 is 0 Å². The van der Waals surface area contributed by atoms with Gasteiger partial charge in [-0.1, -0.05) is 83.9 Å². The van der Waals surface area contributed by atoms with Crippen LogP contribution in [0.3, 0.4) is 0 Å². The Morgan fingerprint density at radius 1 is 0.771 bits per heavy atom. The van der Waals surface area contributed by atoms with Crippen molar-refractivity contribution in [2.75, 3.05) is 0 Å². The van der Waals surface area contributed by atoms with Crippen LogP contribution in [0.2, 0.25) is 10.0 Å². The Balaban J connectivity index is 1.31. The van der Waals surface area contributed by atoms with Crippen molar-refractivity contribution in [3.05, 3.63) is 129 Å². The number of halogens is 2. The number of rotatable bonds is 6. The molecule has 0 unspecified atom stereocenters. The maximum atomic E-state index is 12.4. The predicted octanol–water partition coefficient (Wildman–Crippen LogP) is 7.58. The molecule has 0 N–H and O–H groups in total. The summed E-state index contributed by atoms with van der Waals surface area (Å²) in [6.45, 7) is 0.334. The second kappa shape index (κ2) is 10.2. The molecule has 4 nitrogen and oxygen atoms in total. The van der Waals surface area contributed by atoms with Crippen LogP contribution in [-0.2, 0) is 16.1 Å². The number of nitrogens with zero attached hydrogens (tertiary/aromatic N) is 1. The molecule has 0 saturated heterocycles. The third-order valence-corrected chi connectivity index (χ3v) is 6.15. The number of carbonyl (C=O) groups is 1. The molecule has 0 atom stereocenters. The van der Waals surface area contributed by atoms with Crippen molar-refractivity contribution in [1.82, 2.24) is 0 Å². The van der Waals surface area contributed by atoms with Crippen LogP contribution in [0.4, 0.5) is 0 Å². The Bertz CT molecular complexity index is 1440. The van der Waals surface area contributed by atoms with E-state index < -0.39 is 5.97 Å². The molecule has 35 heavy (non-hydrogen) atoms. The zero-order chi connectivity index (χ0) is 24.2. The highest BCUT2D eigenvalue weighted by atomic mass is 35.5. The van der Waals surface area contributed by atoms with Gasteiger partial charge in [0, 0.05) is 5.56 Å². The first-order valence-corrected chi connectivity index (χ1v) is 11.7. The monoisotopic (exact) mass is 499 g/mol. The quantitative estimate of drug-likeness (QED) is 0.203. The van der Waals surface area contributed by atoms with E-state index in [2.05, 4.69) is 4.99 Å². The molecule has 6 heteroatoms. The fourth-order valence-corrected chi connectivity index (χ4v) is 3.94. The topological polar surface area (TPSA) is 47.9 Å². The van der Waals surface area contributed by atoms with Crippen molar-refractivity contribution in [2.45, 2.75) is 6.61 Å². The molecule has 0 spiro atoms. The lowest BCUT2D eigenvalue weighted by atomic mass is 10.0. The normalized spacial score (nSPS) is 14.1. The Labute approximate surface area is 213 Å². The third kappa shape index (κ3) is 5.46. The molecule has 4 aromatic rings. The summed E-state index contributed by atoms with van der Waals surface area (Å²) in [6.07, 6.45) is 1.68. The Morgan fingerprint density at radius 2 is 1.51 bits per heavy atom. The zero-order valence-electron chi connectivity index (χ0n) is 18.4. The standard InChI is InChI=1S/C29H19Cl2NO3/c30-25-14-9-20(16-26(25)31)18-34-24-8-4-5-19(15-24)17-27-29(33)35-28(32-27)23-12-10-22(11-13-23)21-6-2-1-3-7-21/h1-17H,18H2/b27-17-. The van der Waals surface area contributed by atoms with Gasteiger partial charge >= 0.3 is 5.97 Å². The summed E-state index contributed by atoms with van der Waals surface area (Å²) >= 11 is 12.0. The van der Waals surface area contributed by atoms with Gasteiger partial charge in [-0.15, -0.1) is 0 Å². The average molecular weight is 500 g/mol. The van der Waals surface area contributed by atoms with Crippen LogP contribution < -0.4 is 4.74 Å². The summed E-state index contributed by atoms with van der Waals surface area (Å²) in [5, 5.41) is 0.980. The van der Waals surface area contributed by atoms with Crippen molar-refractivity contribution in [1.29, 1.82) is 0 Å². The van der Waals surface area contributed by atoms with E-state index in [0.717, 1.165) is 27.8 Å². The molecule has 0 amide bonds. The van der Waals surface area contributed by atoms with Crippen LogP contribution in [0.25, 0.3) is 17.2 Å². The van der Waals surface area contributed by atoms with Crippen LogP contribution >= 0.6 is 23.2 Å².